The number of furan rings is 1. The maximum absolute atomic E-state index is 6.38. The lowest BCUT2D eigenvalue weighted by Crippen LogP contribution is -2.14. The highest BCUT2D eigenvalue weighted by Crippen LogP contribution is 2.51. The van der Waals surface area contributed by atoms with Gasteiger partial charge in [-0.2, -0.15) is 0 Å². The largest absolute Gasteiger partial charge is 0.456 e. The van der Waals surface area contributed by atoms with Crippen LogP contribution in [0.25, 0.3) is 82.5 Å². The molecule has 0 amide bonds. The van der Waals surface area contributed by atoms with Crippen LogP contribution in [0.5, 0.6) is 0 Å². The Balaban J connectivity index is 1.03. The number of rotatable bonds is 5. The van der Waals surface area contributed by atoms with E-state index in [0.717, 1.165) is 39.0 Å². The molecule has 274 valence electrons. The molecule has 0 spiro atoms. The monoisotopic (exact) mass is 742 g/mol. The molecular formula is C55H38N2O. The summed E-state index contributed by atoms with van der Waals surface area (Å²) in [5.41, 5.74) is 16.4. The Morgan fingerprint density at radius 1 is 0.448 bits per heavy atom. The van der Waals surface area contributed by atoms with Crippen LogP contribution < -0.4 is 4.90 Å². The first-order chi connectivity index (χ1) is 28.5. The second kappa shape index (κ2) is 12.3. The molecular weight excluding hydrogens is 705 g/mol. The minimum atomic E-state index is -0.0814. The quantitative estimate of drug-likeness (QED) is 0.175. The van der Waals surface area contributed by atoms with Crippen molar-refractivity contribution >= 4 is 71.6 Å². The first-order valence-corrected chi connectivity index (χ1v) is 20.1. The summed E-state index contributed by atoms with van der Waals surface area (Å²) in [4.78, 5) is 2.37. The van der Waals surface area contributed by atoms with Crippen molar-refractivity contribution in [2.75, 3.05) is 4.90 Å². The average Bonchev–Trinajstić information content (AvgIpc) is 3.89. The Morgan fingerprint density at radius 2 is 1.16 bits per heavy atom. The van der Waals surface area contributed by atoms with E-state index in [9.17, 15) is 0 Å². The SMILES string of the molecule is CC1(C)c2ccccc2-c2cc3c4cc(-c5ccc(N(c6ccc7ccccc7c6)c6cccc7oc8ccccc8c67)cc5)ccc4n(-c4ccccc4)c3cc21. The maximum Gasteiger partial charge on any atom is 0.137 e. The summed E-state index contributed by atoms with van der Waals surface area (Å²) in [6.45, 7) is 4.72. The summed E-state index contributed by atoms with van der Waals surface area (Å²) in [5, 5.41) is 7.15. The van der Waals surface area contributed by atoms with Gasteiger partial charge in [-0.15, -0.1) is 0 Å². The van der Waals surface area contributed by atoms with Gasteiger partial charge in [0.15, 0.2) is 0 Å². The zero-order valence-electron chi connectivity index (χ0n) is 32.3. The van der Waals surface area contributed by atoms with Crippen LogP contribution >= 0.6 is 0 Å². The standard InChI is InChI=1S/C55H38N2O/c1-55(2)47-19-10-8-17-42(47)44-33-46-45-32-38(26-30-49(45)57(51(46)34-48(44)55)39-15-4-3-5-16-39)36-23-27-40(28-24-36)56(41-29-25-35-13-6-7-14-37(35)31-41)50-20-12-22-53-54(50)43-18-9-11-21-52(43)58-53/h3-34H,1-2H3. The number of aromatic nitrogens is 1. The molecule has 0 fully saturated rings. The Morgan fingerprint density at radius 3 is 2.03 bits per heavy atom. The van der Waals surface area contributed by atoms with E-state index in [2.05, 4.69) is 211 Å². The highest BCUT2D eigenvalue weighted by Gasteiger charge is 2.36. The topological polar surface area (TPSA) is 21.3 Å². The minimum absolute atomic E-state index is 0.0814. The van der Waals surface area contributed by atoms with Gasteiger partial charge in [0.1, 0.15) is 11.2 Å². The van der Waals surface area contributed by atoms with Gasteiger partial charge in [-0.1, -0.05) is 129 Å². The minimum Gasteiger partial charge on any atom is -0.456 e. The first-order valence-electron chi connectivity index (χ1n) is 20.1. The summed E-state index contributed by atoms with van der Waals surface area (Å²) in [6, 6.07) is 70.7. The van der Waals surface area contributed by atoms with Crippen LogP contribution in [-0.4, -0.2) is 4.57 Å². The van der Waals surface area contributed by atoms with E-state index in [1.807, 2.05) is 6.07 Å². The van der Waals surface area contributed by atoms with E-state index in [0.29, 0.717) is 0 Å². The number of benzene rings is 9. The second-order valence-corrected chi connectivity index (χ2v) is 16.2. The van der Waals surface area contributed by atoms with Crippen LogP contribution in [0.1, 0.15) is 25.0 Å². The van der Waals surface area contributed by atoms with Crippen LogP contribution in [0.4, 0.5) is 17.1 Å². The van der Waals surface area contributed by atoms with Crippen LogP contribution in [-0.2, 0) is 5.41 Å². The molecule has 11 aromatic rings. The Bertz CT molecular complexity index is 3420. The van der Waals surface area contributed by atoms with Crippen LogP contribution in [0.3, 0.4) is 0 Å². The van der Waals surface area contributed by atoms with Gasteiger partial charge in [0.05, 0.1) is 22.1 Å². The van der Waals surface area contributed by atoms with Crippen molar-refractivity contribution in [1.29, 1.82) is 0 Å². The van der Waals surface area contributed by atoms with Gasteiger partial charge >= 0.3 is 0 Å². The number of para-hydroxylation sites is 2. The summed E-state index contributed by atoms with van der Waals surface area (Å²) in [7, 11) is 0. The lowest BCUT2D eigenvalue weighted by atomic mass is 9.82. The highest BCUT2D eigenvalue weighted by atomic mass is 16.3. The van der Waals surface area contributed by atoms with Crippen molar-refractivity contribution in [1.82, 2.24) is 4.57 Å². The molecule has 3 heteroatoms. The molecule has 0 saturated heterocycles. The third-order valence-electron chi connectivity index (χ3n) is 12.6. The van der Waals surface area contributed by atoms with E-state index in [4.69, 9.17) is 4.42 Å². The summed E-state index contributed by atoms with van der Waals surface area (Å²) >= 11 is 0. The molecule has 58 heavy (non-hydrogen) atoms. The van der Waals surface area contributed by atoms with Crippen LogP contribution in [0, 0.1) is 0 Å². The zero-order chi connectivity index (χ0) is 38.5. The van der Waals surface area contributed by atoms with Crippen molar-refractivity contribution in [2.45, 2.75) is 19.3 Å². The third kappa shape index (κ3) is 4.80. The van der Waals surface area contributed by atoms with Crippen LogP contribution in [0.2, 0.25) is 0 Å². The van der Waals surface area contributed by atoms with E-state index >= 15 is 0 Å². The molecule has 0 aliphatic heterocycles. The fourth-order valence-corrected chi connectivity index (χ4v) is 9.74. The zero-order valence-corrected chi connectivity index (χ0v) is 32.3. The fourth-order valence-electron chi connectivity index (χ4n) is 9.74. The molecule has 0 radical (unpaired) electrons. The fraction of sp³-hybridized carbons (Fsp3) is 0.0545. The summed E-state index contributed by atoms with van der Waals surface area (Å²) in [5.74, 6) is 0. The molecule has 9 aromatic carbocycles. The maximum atomic E-state index is 6.38. The van der Waals surface area contributed by atoms with Gasteiger partial charge in [0.2, 0.25) is 0 Å². The van der Waals surface area contributed by atoms with Crippen molar-refractivity contribution in [3.63, 3.8) is 0 Å². The molecule has 2 heterocycles. The van der Waals surface area contributed by atoms with Crippen molar-refractivity contribution in [3.8, 4) is 27.9 Å². The molecule has 3 nitrogen and oxygen atoms in total. The molecule has 12 rings (SSSR count). The van der Waals surface area contributed by atoms with Crippen molar-refractivity contribution < 1.29 is 4.42 Å². The predicted molar refractivity (Wildman–Crippen MR) is 243 cm³/mol. The predicted octanol–water partition coefficient (Wildman–Crippen LogP) is 15.3. The number of anilines is 3. The van der Waals surface area contributed by atoms with E-state index in [-0.39, 0.29) is 5.41 Å². The van der Waals surface area contributed by atoms with Gasteiger partial charge in [-0.3, -0.25) is 0 Å². The summed E-state index contributed by atoms with van der Waals surface area (Å²) < 4.78 is 8.82. The van der Waals surface area contributed by atoms with Gasteiger partial charge < -0.3 is 13.9 Å². The van der Waals surface area contributed by atoms with Gasteiger partial charge in [0, 0.05) is 38.6 Å². The molecule has 1 aliphatic rings. The Labute approximate surface area is 336 Å². The van der Waals surface area contributed by atoms with E-state index < -0.39 is 0 Å². The third-order valence-corrected chi connectivity index (χ3v) is 12.6. The lowest BCUT2D eigenvalue weighted by molar-refractivity contribution is 0.661. The van der Waals surface area contributed by atoms with Crippen molar-refractivity contribution in [3.05, 3.63) is 205 Å². The molecule has 0 unspecified atom stereocenters. The second-order valence-electron chi connectivity index (χ2n) is 16.2. The number of nitrogens with zero attached hydrogens (tertiary/aromatic N) is 2. The molecule has 0 bridgehead atoms. The summed E-state index contributed by atoms with van der Waals surface area (Å²) in [6.07, 6.45) is 0. The number of fused-ring (bicyclic) bond motifs is 10. The van der Waals surface area contributed by atoms with Crippen molar-refractivity contribution in [2.24, 2.45) is 0 Å². The molecule has 1 aliphatic carbocycles. The first kappa shape index (κ1) is 32.8. The Hall–Kier alpha value is -7.36. The number of hydrogen-bond donors (Lipinski definition) is 0. The lowest BCUT2D eigenvalue weighted by Gasteiger charge is -2.27. The molecule has 0 saturated carbocycles. The highest BCUT2D eigenvalue weighted by molar-refractivity contribution is 6.14. The molecule has 2 aromatic heterocycles. The van der Waals surface area contributed by atoms with Gasteiger partial charge in [0.25, 0.3) is 0 Å². The Kier molecular flexibility index (Phi) is 6.98. The number of hydrogen-bond acceptors (Lipinski definition) is 2. The average molecular weight is 743 g/mol. The van der Waals surface area contributed by atoms with E-state index in [1.165, 1.54) is 71.6 Å². The van der Waals surface area contributed by atoms with Crippen LogP contribution in [0.15, 0.2) is 199 Å². The van der Waals surface area contributed by atoms with Gasteiger partial charge in [-0.25, -0.2) is 0 Å². The normalized spacial score (nSPS) is 13.1. The van der Waals surface area contributed by atoms with Gasteiger partial charge in [-0.05, 0) is 123 Å². The molecule has 0 N–H and O–H groups in total. The van der Waals surface area contributed by atoms with E-state index in [1.54, 1.807) is 0 Å². The molecule has 0 atom stereocenters. The smallest absolute Gasteiger partial charge is 0.137 e.